The zero-order chi connectivity index (χ0) is 29.3. The average Bonchev–Trinajstić information content (AvgIpc) is 2.96. The fraction of sp³-hybridized carbons (Fsp3) is 0.333. The van der Waals surface area contributed by atoms with Gasteiger partial charge in [-0.3, -0.25) is 13.9 Å². The van der Waals surface area contributed by atoms with Crippen LogP contribution in [0, 0.1) is 6.92 Å². The van der Waals surface area contributed by atoms with E-state index in [1.54, 1.807) is 36.4 Å². The van der Waals surface area contributed by atoms with Crippen molar-refractivity contribution in [3.8, 4) is 5.75 Å². The number of methoxy groups -OCH3 is 1. The summed E-state index contributed by atoms with van der Waals surface area (Å²) < 4.78 is 34.0. The lowest BCUT2D eigenvalue weighted by Crippen LogP contribution is -2.52. The molecular weight excluding hydrogens is 550 g/mol. The number of ether oxygens (including phenoxy) is 1. The van der Waals surface area contributed by atoms with E-state index in [1.807, 2.05) is 45.0 Å². The van der Waals surface area contributed by atoms with Crippen LogP contribution in [0.15, 0.2) is 77.7 Å². The van der Waals surface area contributed by atoms with E-state index in [2.05, 4.69) is 5.32 Å². The van der Waals surface area contributed by atoms with Crippen molar-refractivity contribution in [1.29, 1.82) is 0 Å². The molecule has 0 aliphatic rings. The van der Waals surface area contributed by atoms with Crippen molar-refractivity contribution >= 4 is 39.1 Å². The number of benzene rings is 3. The van der Waals surface area contributed by atoms with Gasteiger partial charge in [0.2, 0.25) is 11.8 Å². The minimum atomic E-state index is -4.18. The summed E-state index contributed by atoms with van der Waals surface area (Å²) >= 11 is 6.08. The molecule has 0 aromatic heterocycles. The highest BCUT2D eigenvalue weighted by atomic mass is 35.5. The van der Waals surface area contributed by atoms with Crippen LogP contribution in [0.25, 0.3) is 0 Å². The molecule has 3 rings (SSSR count). The van der Waals surface area contributed by atoms with Gasteiger partial charge in [0.15, 0.2) is 0 Å². The summed E-state index contributed by atoms with van der Waals surface area (Å²) in [6.07, 6.45) is 1.11. The molecule has 1 atom stereocenters. The molecule has 0 aliphatic heterocycles. The van der Waals surface area contributed by atoms with Gasteiger partial charge in [0, 0.05) is 18.1 Å². The molecule has 1 unspecified atom stereocenters. The smallest absolute Gasteiger partial charge is 0.264 e. The third-order valence-electron chi connectivity index (χ3n) is 6.58. The van der Waals surface area contributed by atoms with Gasteiger partial charge in [-0.15, -0.1) is 0 Å². The maximum atomic E-state index is 14.1. The van der Waals surface area contributed by atoms with Gasteiger partial charge in [-0.25, -0.2) is 8.42 Å². The Hall–Kier alpha value is -3.56. The summed E-state index contributed by atoms with van der Waals surface area (Å²) in [5.74, 6) is -0.280. The van der Waals surface area contributed by atoms with E-state index < -0.39 is 28.5 Å². The molecule has 0 fully saturated rings. The first kappa shape index (κ1) is 31.0. The Bertz CT molecular complexity index is 1400. The SMILES string of the molecule is CCCNC(=O)C(CC)N(Cc1ccccc1C)C(=O)CN(c1ccc(Cl)cc1)S(=O)(=O)c1ccc(OC)cc1. The maximum absolute atomic E-state index is 14.1. The van der Waals surface area contributed by atoms with E-state index in [1.165, 1.54) is 24.1 Å². The molecule has 3 aromatic rings. The summed E-state index contributed by atoms with van der Waals surface area (Å²) in [6.45, 7) is 5.83. The topological polar surface area (TPSA) is 96.0 Å². The van der Waals surface area contributed by atoms with Crippen LogP contribution in [0.2, 0.25) is 5.02 Å². The first-order valence-corrected chi connectivity index (χ1v) is 15.0. The van der Waals surface area contributed by atoms with Gasteiger partial charge < -0.3 is 15.0 Å². The number of nitrogens with zero attached hydrogens (tertiary/aromatic N) is 2. The molecule has 0 radical (unpaired) electrons. The van der Waals surface area contributed by atoms with Crippen LogP contribution in [0.3, 0.4) is 0 Å². The Morgan fingerprint density at radius 2 is 1.62 bits per heavy atom. The third-order valence-corrected chi connectivity index (χ3v) is 8.62. The summed E-state index contributed by atoms with van der Waals surface area (Å²) in [4.78, 5) is 28.7. The quantitative estimate of drug-likeness (QED) is 0.298. The molecule has 2 amide bonds. The third kappa shape index (κ3) is 7.55. The van der Waals surface area contributed by atoms with Crippen LogP contribution in [0.1, 0.15) is 37.8 Å². The highest BCUT2D eigenvalue weighted by Crippen LogP contribution is 2.27. The number of hydrogen-bond donors (Lipinski definition) is 1. The highest BCUT2D eigenvalue weighted by Gasteiger charge is 2.33. The lowest BCUT2D eigenvalue weighted by Gasteiger charge is -2.33. The molecule has 3 aromatic carbocycles. The summed E-state index contributed by atoms with van der Waals surface area (Å²) in [5.41, 5.74) is 2.10. The van der Waals surface area contributed by atoms with Crippen LogP contribution in [-0.4, -0.2) is 51.4 Å². The van der Waals surface area contributed by atoms with E-state index in [0.717, 1.165) is 21.9 Å². The number of halogens is 1. The zero-order valence-corrected chi connectivity index (χ0v) is 24.8. The molecule has 0 saturated carbocycles. The molecule has 0 aliphatic carbocycles. The van der Waals surface area contributed by atoms with Crippen molar-refractivity contribution in [3.05, 3.63) is 88.9 Å². The van der Waals surface area contributed by atoms with E-state index >= 15 is 0 Å². The largest absolute Gasteiger partial charge is 0.497 e. The summed E-state index contributed by atoms with van der Waals surface area (Å²) in [7, 11) is -2.69. The van der Waals surface area contributed by atoms with Crippen molar-refractivity contribution in [3.63, 3.8) is 0 Å². The van der Waals surface area contributed by atoms with Crippen LogP contribution >= 0.6 is 11.6 Å². The molecule has 40 heavy (non-hydrogen) atoms. The van der Waals surface area contributed by atoms with Gasteiger partial charge in [-0.05, 0) is 79.4 Å². The highest BCUT2D eigenvalue weighted by molar-refractivity contribution is 7.92. The van der Waals surface area contributed by atoms with Crippen molar-refractivity contribution in [2.24, 2.45) is 0 Å². The van der Waals surface area contributed by atoms with Crippen LogP contribution < -0.4 is 14.4 Å². The van der Waals surface area contributed by atoms with Crippen molar-refractivity contribution in [2.75, 3.05) is 24.5 Å². The molecule has 10 heteroatoms. The minimum Gasteiger partial charge on any atom is -0.497 e. The Morgan fingerprint density at radius 1 is 0.975 bits per heavy atom. The summed E-state index contributed by atoms with van der Waals surface area (Å²) in [6, 6.07) is 19.0. The second-order valence-electron chi connectivity index (χ2n) is 9.33. The second-order valence-corrected chi connectivity index (χ2v) is 11.6. The van der Waals surface area contributed by atoms with Gasteiger partial charge in [0.1, 0.15) is 18.3 Å². The van der Waals surface area contributed by atoms with Gasteiger partial charge >= 0.3 is 0 Å². The number of amides is 2. The lowest BCUT2D eigenvalue weighted by atomic mass is 10.1. The summed E-state index contributed by atoms with van der Waals surface area (Å²) in [5, 5.41) is 3.31. The standard InChI is InChI=1S/C30H36ClN3O5S/c1-5-19-32-30(36)28(6-2)33(20-23-10-8-7-9-22(23)3)29(35)21-34(25-13-11-24(31)12-14-25)40(37,38)27-17-15-26(39-4)16-18-27/h7-18,28H,5-6,19-21H2,1-4H3,(H,32,36). The predicted octanol–water partition coefficient (Wildman–Crippen LogP) is 5.19. The second kappa shape index (κ2) is 14.2. The van der Waals surface area contributed by atoms with Crippen LogP contribution in [0.5, 0.6) is 5.75 Å². The molecule has 1 N–H and O–H groups in total. The molecule has 0 bridgehead atoms. The van der Waals surface area contributed by atoms with Crippen molar-refractivity contribution in [2.45, 2.75) is 51.1 Å². The van der Waals surface area contributed by atoms with Gasteiger partial charge in [-0.1, -0.05) is 49.7 Å². The van der Waals surface area contributed by atoms with Gasteiger partial charge in [-0.2, -0.15) is 0 Å². The van der Waals surface area contributed by atoms with Crippen molar-refractivity contribution < 1.29 is 22.7 Å². The molecule has 0 spiro atoms. The number of carbonyl (C=O) groups excluding carboxylic acids is 2. The average molecular weight is 586 g/mol. The van der Waals surface area contributed by atoms with Gasteiger partial charge in [0.05, 0.1) is 17.7 Å². The Morgan fingerprint density at radius 3 is 2.20 bits per heavy atom. The monoisotopic (exact) mass is 585 g/mol. The fourth-order valence-corrected chi connectivity index (χ4v) is 5.81. The fourth-order valence-electron chi connectivity index (χ4n) is 4.27. The van der Waals surface area contributed by atoms with E-state index in [-0.39, 0.29) is 23.0 Å². The molecular formula is C30H36ClN3O5S. The van der Waals surface area contributed by atoms with E-state index in [0.29, 0.717) is 23.7 Å². The lowest BCUT2D eigenvalue weighted by molar-refractivity contribution is -0.140. The van der Waals surface area contributed by atoms with E-state index in [9.17, 15) is 18.0 Å². The number of rotatable bonds is 13. The number of carbonyl (C=O) groups is 2. The normalized spacial score (nSPS) is 11.9. The number of sulfonamides is 1. The van der Waals surface area contributed by atoms with Crippen molar-refractivity contribution in [1.82, 2.24) is 10.2 Å². The molecule has 0 saturated heterocycles. The molecule has 0 heterocycles. The Kier molecular flexibility index (Phi) is 11.0. The number of nitrogens with one attached hydrogen (secondary N) is 1. The molecule has 214 valence electrons. The zero-order valence-electron chi connectivity index (χ0n) is 23.3. The minimum absolute atomic E-state index is 0.00534. The first-order chi connectivity index (χ1) is 19.1. The Balaban J connectivity index is 2.05. The number of hydrogen-bond acceptors (Lipinski definition) is 5. The predicted molar refractivity (Wildman–Crippen MR) is 158 cm³/mol. The molecule has 8 nitrogen and oxygen atoms in total. The maximum Gasteiger partial charge on any atom is 0.264 e. The number of aryl methyl sites for hydroxylation is 1. The first-order valence-electron chi connectivity index (χ1n) is 13.2. The van der Waals surface area contributed by atoms with Crippen LogP contribution in [-0.2, 0) is 26.2 Å². The van der Waals surface area contributed by atoms with Crippen LogP contribution in [0.4, 0.5) is 5.69 Å². The van der Waals surface area contributed by atoms with E-state index in [4.69, 9.17) is 16.3 Å². The number of anilines is 1. The van der Waals surface area contributed by atoms with Gasteiger partial charge in [0.25, 0.3) is 10.0 Å². The Labute approximate surface area is 241 Å².